The number of nitrogen functional groups attached to an aromatic ring is 1. The van der Waals surface area contributed by atoms with Crippen LogP contribution in [0.2, 0.25) is 0 Å². The maximum atomic E-state index is 11.7. The number of hydrogen-bond acceptors (Lipinski definition) is 3. The summed E-state index contributed by atoms with van der Waals surface area (Å²) >= 11 is 0. The summed E-state index contributed by atoms with van der Waals surface area (Å²) in [5.41, 5.74) is 7.52. The van der Waals surface area contributed by atoms with Crippen LogP contribution in [0.15, 0.2) is 18.2 Å². The Labute approximate surface area is 101 Å². The third-order valence-electron chi connectivity index (χ3n) is 3.09. The Balaban J connectivity index is 2.07. The van der Waals surface area contributed by atoms with Gasteiger partial charge >= 0.3 is 0 Å². The summed E-state index contributed by atoms with van der Waals surface area (Å²) in [6.45, 7) is 1.50. The molecule has 0 bridgehead atoms. The van der Waals surface area contributed by atoms with Gasteiger partial charge in [0, 0.05) is 19.5 Å². The Morgan fingerprint density at radius 2 is 2.24 bits per heavy atom. The van der Waals surface area contributed by atoms with Crippen molar-refractivity contribution in [2.24, 2.45) is 0 Å². The van der Waals surface area contributed by atoms with Gasteiger partial charge in [-0.2, -0.15) is 0 Å². The van der Waals surface area contributed by atoms with Crippen LogP contribution in [0.5, 0.6) is 5.75 Å². The third kappa shape index (κ3) is 2.70. The van der Waals surface area contributed by atoms with Gasteiger partial charge < -0.3 is 15.4 Å². The molecule has 4 heteroatoms. The van der Waals surface area contributed by atoms with Crippen molar-refractivity contribution in [1.82, 2.24) is 4.90 Å². The van der Waals surface area contributed by atoms with Crippen LogP contribution in [-0.2, 0) is 11.3 Å². The number of anilines is 1. The molecule has 1 aromatic rings. The zero-order valence-corrected chi connectivity index (χ0v) is 10.1. The van der Waals surface area contributed by atoms with E-state index in [0.717, 1.165) is 24.9 Å². The third-order valence-corrected chi connectivity index (χ3v) is 3.09. The summed E-state index contributed by atoms with van der Waals surface area (Å²) in [6.07, 6.45) is 2.78. The highest BCUT2D eigenvalue weighted by Gasteiger charge is 2.18. The number of ether oxygens (including phenoxy) is 1. The van der Waals surface area contributed by atoms with E-state index < -0.39 is 0 Å². The van der Waals surface area contributed by atoms with Crippen LogP contribution < -0.4 is 10.5 Å². The lowest BCUT2D eigenvalue weighted by molar-refractivity contribution is -0.133. The van der Waals surface area contributed by atoms with E-state index in [4.69, 9.17) is 10.5 Å². The standard InChI is InChI=1S/C13H18N2O2/c1-17-12-6-5-10(8-11(12)14)9-15-7-3-2-4-13(15)16/h5-6,8H,2-4,7,9,14H2,1H3. The van der Waals surface area contributed by atoms with Crippen LogP contribution in [0.3, 0.4) is 0 Å². The lowest BCUT2D eigenvalue weighted by Gasteiger charge is -2.26. The number of nitrogens with zero attached hydrogens (tertiary/aromatic N) is 1. The van der Waals surface area contributed by atoms with Gasteiger partial charge in [-0.3, -0.25) is 4.79 Å². The first-order chi connectivity index (χ1) is 8.20. The molecule has 0 unspecified atom stereocenters. The number of likely N-dealkylation sites (tertiary alicyclic amines) is 1. The van der Waals surface area contributed by atoms with Crippen molar-refractivity contribution in [1.29, 1.82) is 0 Å². The highest BCUT2D eigenvalue weighted by Crippen LogP contribution is 2.23. The number of benzene rings is 1. The highest BCUT2D eigenvalue weighted by molar-refractivity contribution is 5.76. The van der Waals surface area contributed by atoms with E-state index in [9.17, 15) is 4.79 Å². The number of methoxy groups -OCH3 is 1. The summed E-state index contributed by atoms with van der Waals surface area (Å²) in [5, 5.41) is 0. The summed E-state index contributed by atoms with van der Waals surface area (Å²) in [4.78, 5) is 13.6. The van der Waals surface area contributed by atoms with Gasteiger partial charge in [0.25, 0.3) is 0 Å². The van der Waals surface area contributed by atoms with E-state index in [-0.39, 0.29) is 5.91 Å². The Morgan fingerprint density at radius 3 is 2.88 bits per heavy atom. The van der Waals surface area contributed by atoms with E-state index in [1.54, 1.807) is 7.11 Å². The average molecular weight is 234 g/mol. The number of carbonyl (C=O) groups excluding carboxylic acids is 1. The van der Waals surface area contributed by atoms with Gasteiger partial charge in [-0.1, -0.05) is 6.07 Å². The van der Waals surface area contributed by atoms with Crippen molar-refractivity contribution in [3.8, 4) is 5.75 Å². The van der Waals surface area contributed by atoms with E-state index in [0.29, 0.717) is 24.4 Å². The number of amides is 1. The Morgan fingerprint density at radius 1 is 1.41 bits per heavy atom. The topological polar surface area (TPSA) is 55.6 Å². The van der Waals surface area contributed by atoms with Crippen molar-refractivity contribution in [2.75, 3.05) is 19.4 Å². The molecule has 0 aliphatic carbocycles. The minimum Gasteiger partial charge on any atom is -0.495 e. The Hall–Kier alpha value is -1.71. The molecule has 17 heavy (non-hydrogen) atoms. The highest BCUT2D eigenvalue weighted by atomic mass is 16.5. The first kappa shape index (κ1) is 11.8. The molecule has 1 aromatic carbocycles. The predicted molar refractivity (Wildman–Crippen MR) is 66.7 cm³/mol. The van der Waals surface area contributed by atoms with E-state index in [1.807, 2.05) is 23.1 Å². The van der Waals surface area contributed by atoms with Gasteiger partial charge in [-0.05, 0) is 30.5 Å². The second kappa shape index (κ2) is 5.08. The second-order valence-electron chi connectivity index (χ2n) is 4.35. The van der Waals surface area contributed by atoms with Crippen LogP contribution in [0.25, 0.3) is 0 Å². The maximum Gasteiger partial charge on any atom is 0.222 e. The number of piperidine rings is 1. The molecule has 0 atom stereocenters. The van der Waals surface area contributed by atoms with Crippen LogP contribution in [0.1, 0.15) is 24.8 Å². The van der Waals surface area contributed by atoms with Crippen LogP contribution in [-0.4, -0.2) is 24.5 Å². The first-order valence-corrected chi connectivity index (χ1v) is 5.91. The number of nitrogens with two attached hydrogens (primary N) is 1. The van der Waals surface area contributed by atoms with Crippen LogP contribution in [0, 0.1) is 0 Å². The Kier molecular flexibility index (Phi) is 3.52. The molecule has 0 saturated carbocycles. The lowest BCUT2D eigenvalue weighted by atomic mass is 10.1. The van der Waals surface area contributed by atoms with Gasteiger partial charge in [-0.15, -0.1) is 0 Å². The fraction of sp³-hybridized carbons (Fsp3) is 0.462. The largest absolute Gasteiger partial charge is 0.495 e. The van der Waals surface area contributed by atoms with E-state index in [1.165, 1.54) is 0 Å². The summed E-state index contributed by atoms with van der Waals surface area (Å²) in [7, 11) is 1.60. The van der Waals surface area contributed by atoms with E-state index >= 15 is 0 Å². The SMILES string of the molecule is COc1ccc(CN2CCCCC2=O)cc1N. The predicted octanol–water partition coefficient (Wildman–Crippen LogP) is 1.79. The average Bonchev–Trinajstić information content (AvgIpc) is 2.32. The zero-order valence-electron chi connectivity index (χ0n) is 10.1. The molecule has 2 rings (SSSR count). The maximum absolute atomic E-state index is 11.7. The van der Waals surface area contributed by atoms with Crippen molar-refractivity contribution in [3.05, 3.63) is 23.8 Å². The van der Waals surface area contributed by atoms with Crippen LogP contribution >= 0.6 is 0 Å². The van der Waals surface area contributed by atoms with Crippen molar-refractivity contribution < 1.29 is 9.53 Å². The molecule has 1 fully saturated rings. The van der Waals surface area contributed by atoms with Gasteiger partial charge in [0.1, 0.15) is 5.75 Å². The van der Waals surface area contributed by atoms with Crippen molar-refractivity contribution in [2.45, 2.75) is 25.8 Å². The fourth-order valence-electron chi connectivity index (χ4n) is 2.13. The number of carbonyl (C=O) groups is 1. The molecule has 0 spiro atoms. The lowest BCUT2D eigenvalue weighted by Crippen LogP contribution is -2.34. The molecular weight excluding hydrogens is 216 g/mol. The zero-order chi connectivity index (χ0) is 12.3. The fourth-order valence-corrected chi connectivity index (χ4v) is 2.13. The molecule has 1 heterocycles. The smallest absolute Gasteiger partial charge is 0.222 e. The molecule has 0 aromatic heterocycles. The minimum atomic E-state index is 0.241. The van der Waals surface area contributed by atoms with Gasteiger partial charge in [0.15, 0.2) is 0 Å². The molecule has 2 N–H and O–H groups in total. The molecule has 92 valence electrons. The van der Waals surface area contributed by atoms with Crippen LogP contribution in [0.4, 0.5) is 5.69 Å². The molecule has 1 aliphatic rings. The van der Waals surface area contributed by atoms with E-state index in [2.05, 4.69) is 0 Å². The Bertz CT molecular complexity index is 418. The first-order valence-electron chi connectivity index (χ1n) is 5.91. The van der Waals surface area contributed by atoms with Crippen molar-refractivity contribution >= 4 is 11.6 Å². The summed E-state index contributed by atoms with van der Waals surface area (Å²) in [6, 6.07) is 5.68. The normalized spacial score (nSPS) is 16.1. The summed E-state index contributed by atoms with van der Waals surface area (Å²) < 4.78 is 5.11. The second-order valence-corrected chi connectivity index (χ2v) is 4.35. The number of rotatable bonds is 3. The quantitative estimate of drug-likeness (QED) is 0.811. The molecule has 0 radical (unpaired) electrons. The summed E-state index contributed by atoms with van der Waals surface area (Å²) in [5.74, 6) is 0.921. The molecule has 1 aliphatic heterocycles. The minimum absolute atomic E-state index is 0.241. The van der Waals surface area contributed by atoms with Gasteiger partial charge in [0.05, 0.1) is 12.8 Å². The van der Waals surface area contributed by atoms with Gasteiger partial charge in [-0.25, -0.2) is 0 Å². The molecular formula is C13H18N2O2. The number of hydrogen-bond donors (Lipinski definition) is 1. The molecule has 1 saturated heterocycles. The molecule has 4 nitrogen and oxygen atoms in total. The molecule has 1 amide bonds. The van der Waals surface area contributed by atoms with Crippen molar-refractivity contribution in [3.63, 3.8) is 0 Å². The monoisotopic (exact) mass is 234 g/mol. The van der Waals surface area contributed by atoms with Gasteiger partial charge in [0.2, 0.25) is 5.91 Å².